The van der Waals surface area contributed by atoms with Crippen molar-refractivity contribution in [3.63, 3.8) is 0 Å². The second-order valence-corrected chi connectivity index (χ2v) is 5.41. The maximum atomic E-state index is 12.9. The lowest BCUT2D eigenvalue weighted by Crippen LogP contribution is -2.07. The van der Waals surface area contributed by atoms with Crippen molar-refractivity contribution in [2.75, 3.05) is 17.2 Å². The van der Waals surface area contributed by atoms with Crippen LogP contribution in [0, 0.1) is 5.82 Å². The van der Waals surface area contributed by atoms with Crippen LogP contribution in [0.1, 0.15) is 12.0 Å². The van der Waals surface area contributed by atoms with Gasteiger partial charge in [0.1, 0.15) is 11.6 Å². The first-order chi connectivity index (χ1) is 11.8. The predicted molar refractivity (Wildman–Crippen MR) is 95.0 cm³/mol. The van der Waals surface area contributed by atoms with Crippen LogP contribution in [0.4, 0.5) is 21.8 Å². The SMILES string of the molecule is Fc1ccc(Nc2ccnc(NCCCc3ccccc3)n2)cc1. The summed E-state index contributed by atoms with van der Waals surface area (Å²) in [5, 5.41) is 6.36. The van der Waals surface area contributed by atoms with Crippen molar-refractivity contribution in [3.05, 3.63) is 78.2 Å². The molecule has 0 saturated heterocycles. The molecule has 122 valence electrons. The molecule has 2 aromatic carbocycles. The molecule has 0 aliphatic carbocycles. The van der Waals surface area contributed by atoms with Crippen LogP contribution in [0.15, 0.2) is 66.9 Å². The normalized spacial score (nSPS) is 10.4. The van der Waals surface area contributed by atoms with Crippen molar-refractivity contribution >= 4 is 17.5 Å². The van der Waals surface area contributed by atoms with Gasteiger partial charge in [-0.3, -0.25) is 0 Å². The molecule has 3 rings (SSSR count). The van der Waals surface area contributed by atoms with E-state index in [4.69, 9.17) is 0 Å². The molecule has 0 fully saturated rings. The Morgan fingerprint density at radius 3 is 2.50 bits per heavy atom. The van der Waals surface area contributed by atoms with Crippen molar-refractivity contribution in [2.24, 2.45) is 0 Å². The van der Waals surface area contributed by atoms with E-state index >= 15 is 0 Å². The minimum atomic E-state index is -0.260. The van der Waals surface area contributed by atoms with Crippen molar-refractivity contribution in [2.45, 2.75) is 12.8 Å². The van der Waals surface area contributed by atoms with Crippen molar-refractivity contribution < 1.29 is 4.39 Å². The van der Waals surface area contributed by atoms with E-state index in [0.29, 0.717) is 11.8 Å². The quantitative estimate of drug-likeness (QED) is 0.633. The van der Waals surface area contributed by atoms with Crippen LogP contribution in [-0.4, -0.2) is 16.5 Å². The van der Waals surface area contributed by atoms with Crippen molar-refractivity contribution in [1.29, 1.82) is 0 Å². The number of hydrogen-bond donors (Lipinski definition) is 2. The smallest absolute Gasteiger partial charge is 0.224 e. The lowest BCUT2D eigenvalue weighted by Gasteiger charge is -2.08. The maximum Gasteiger partial charge on any atom is 0.224 e. The second-order valence-electron chi connectivity index (χ2n) is 5.41. The van der Waals surface area contributed by atoms with Crippen LogP contribution >= 0.6 is 0 Å². The molecule has 0 aliphatic heterocycles. The number of halogens is 1. The van der Waals surface area contributed by atoms with E-state index < -0.39 is 0 Å². The standard InChI is InChI=1S/C19H19FN4/c20-16-8-10-17(11-9-16)23-18-12-14-22-19(24-18)21-13-4-7-15-5-2-1-3-6-15/h1-3,5-6,8-12,14H,4,7,13H2,(H2,21,22,23,24). The number of aromatic nitrogens is 2. The Morgan fingerprint density at radius 2 is 1.71 bits per heavy atom. The van der Waals surface area contributed by atoms with Crippen LogP contribution in [0.5, 0.6) is 0 Å². The summed E-state index contributed by atoms with van der Waals surface area (Å²) >= 11 is 0. The van der Waals surface area contributed by atoms with Crippen LogP contribution in [0.3, 0.4) is 0 Å². The third-order valence-electron chi connectivity index (χ3n) is 3.54. The Morgan fingerprint density at radius 1 is 0.917 bits per heavy atom. The van der Waals surface area contributed by atoms with E-state index in [1.54, 1.807) is 24.4 Å². The van der Waals surface area contributed by atoms with Gasteiger partial charge in [0, 0.05) is 18.4 Å². The highest BCUT2D eigenvalue weighted by Crippen LogP contribution is 2.15. The number of nitrogens with one attached hydrogen (secondary N) is 2. The number of anilines is 3. The predicted octanol–water partition coefficient (Wildman–Crippen LogP) is 4.40. The first kappa shape index (κ1) is 15.9. The molecule has 24 heavy (non-hydrogen) atoms. The van der Waals surface area contributed by atoms with E-state index in [-0.39, 0.29) is 5.82 Å². The fraction of sp³-hybridized carbons (Fsp3) is 0.158. The zero-order chi connectivity index (χ0) is 16.6. The Hall–Kier alpha value is -2.95. The topological polar surface area (TPSA) is 49.8 Å². The van der Waals surface area contributed by atoms with Gasteiger partial charge in [-0.2, -0.15) is 4.98 Å². The molecular weight excluding hydrogens is 303 g/mol. The van der Waals surface area contributed by atoms with Gasteiger partial charge in [0.05, 0.1) is 0 Å². The van der Waals surface area contributed by atoms with Gasteiger partial charge in [0.2, 0.25) is 5.95 Å². The molecule has 0 saturated carbocycles. The molecule has 0 amide bonds. The molecule has 0 unspecified atom stereocenters. The summed E-state index contributed by atoms with van der Waals surface area (Å²) in [6, 6.07) is 18.3. The summed E-state index contributed by atoms with van der Waals surface area (Å²) in [5.41, 5.74) is 2.11. The number of benzene rings is 2. The Bertz CT molecular complexity index is 760. The molecular formula is C19H19FN4. The van der Waals surface area contributed by atoms with Crippen molar-refractivity contribution in [1.82, 2.24) is 9.97 Å². The second kappa shape index (κ2) is 8.06. The molecule has 0 spiro atoms. The van der Waals surface area contributed by atoms with Gasteiger partial charge in [-0.1, -0.05) is 30.3 Å². The molecule has 3 aromatic rings. The number of aryl methyl sites for hydroxylation is 1. The van der Waals surface area contributed by atoms with Crippen molar-refractivity contribution in [3.8, 4) is 0 Å². The van der Waals surface area contributed by atoms with Crippen LogP contribution in [0.25, 0.3) is 0 Å². The number of hydrogen-bond acceptors (Lipinski definition) is 4. The molecule has 5 heteroatoms. The van der Waals surface area contributed by atoms with Gasteiger partial charge in [-0.25, -0.2) is 9.37 Å². The summed E-state index contributed by atoms with van der Waals surface area (Å²) < 4.78 is 12.9. The molecule has 1 aromatic heterocycles. The first-order valence-electron chi connectivity index (χ1n) is 7.93. The lowest BCUT2D eigenvalue weighted by molar-refractivity contribution is 0.628. The first-order valence-corrected chi connectivity index (χ1v) is 7.93. The summed E-state index contributed by atoms with van der Waals surface area (Å²) in [7, 11) is 0. The highest BCUT2D eigenvalue weighted by atomic mass is 19.1. The summed E-state index contributed by atoms with van der Waals surface area (Å²) in [4.78, 5) is 8.63. The van der Waals surface area contributed by atoms with Gasteiger partial charge in [-0.05, 0) is 48.7 Å². The molecule has 0 radical (unpaired) electrons. The fourth-order valence-corrected chi connectivity index (χ4v) is 2.33. The highest BCUT2D eigenvalue weighted by molar-refractivity contribution is 5.56. The molecule has 0 aliphatic rings. The van der Waals surface area contributed by atoms with Crippen LogP contribution in [0.2, 0.25) is 0 Å². The largest absolute Gasteiger partial charge is 0.354 e. The number of nitrogens with zero attached hydrogens (tertiary/aromatic N) is 2. The minimum Gasteiger partial charge on any atom is -0.354 e. The summed E-state index contributed by atoms with van der Waals surface area (Å²) in [6.07, 6.45) is 3.71. The number of rotatable bonds is 7. The lowest BCUT2D eigenvalue weighted by atomic mass is 10.1. The van der Waals surface area contributed by atoms with Gasteiger partial charge in [0.15, 0.2) is 0 Å². The summed E-state index contributed by atoms with van der Waals surface area (Å²) in [6.45, 7) is 0.800. The van der Waals surface area contributed by atoms with E-state index in [1.165, 1.54) is 17.7 Å². The molecule has 2 N–H and O–H groups in total. The average Bonchev–Trinajstić information content (AvgIpc) is 2.62. The average molecular weight is 322 g/mol. The van der Waals surface area contributed by atoms with E-state index in [0.717, 1.165) is 25.1 Å². The molecule has 1 heterocycles. The maximum absolute atomic E-state index is 12.9. The third kappa shape index (κ3) is 4.78. The zero-order valence-corrected chi connectivity index (χ0v) is 13.2. The fourth-order valence-electron chi connectivity index (χ4n) is 2.33. The van der Waals surface area contributed by atoms with Gasteiger partial charge < -0.3 is 10.6 Å². The van der Waals surface area contributed by atoms with E-state index in [9.17, 15) is 4.39 Å². The van der Waals surface area contributed by atoms with Gasteiger partial charge >= 0.3 is 0 Å². The van der Waals surface area contributed by atoms with Gasteiger partial charge in [0.25, 0.3) is 0 Å². The third-order valence-corrected chi connectivity index (χ3v) is 3.54. The molecule has 0 bridgehead atoms. The summed E-state index contributed by atoms with van der Waals surface area (Å²) in [5.74, 6) is 0.987. The Balaban J connectivity index is 1.50. The van der Waals surface area contributed by atoms with Gasteiger partial charge in [-0.15, -0.1) is 0 Å². The molecule has 0 atom stereocenters. The Kier molecular flexibility index (Phi) is 5.35. The highest BCUT2D eigenvalue weighted by Gasteiger charge is 2.00. The minimum absolute atomic E-state index is 0.260. The molecule has 4 nitrogen and oxygen atoms in total. The Labute approximate surface area is 140 Å². The van der Waals surface area contributed by atoms with E-state index in [1.807, 2.05) is 6.07 Å². The van der Waals surface area contributed by atoms with Crippen LogP contribution in [-0.2, 0) is 6.42 Å². The van der Waals surface area contributed by atoms with Crippen LogP contribution < -0.4 is 10.6 Å². The monoisotopic (exact) mass is 322 g/mol. The zero-order valence-electron chi connectivity index (χ0n) is 13.2. The van der Waals surface area contributed by atoms with E-state index in [2.05, 4.69) is 44.9 Å².